The number of aromatic nitrogens is 3. The number of nitrogens with zero attached hydrogens (tertiary/aromatic N) is 3. The molecule has 2 unspecified atom stereocenters. The third-order valence-corrected chi connectivity index (χ3v) is 4.44. The molecule has 2 heterocycles. The molecule has 1 aliphatic heterocycles. The summed E-state index contributed by atoms with van der Waals surface area (Å²) in [4.78, 5) is 3.94. The maximum atomic E-state index is 13.8. The molecular weight excluding hydrogens is 312 g/mol. The Balaban J connectivity index is 1.77. The fourth-order valence-electron chi connectivity index (χ4n) is 3.12. The minimum atomic E-state index is -0.885. The molecule has 0 bridgehead atoms. The number of hydrogen-bond acceptors (Lipinski definition) is 3. The maximum Gasteiger partial charge on any atom is 0.159 e. The largest absolute Gasteiger partial charge is 0.354 e. The second-order valence-electron chi connectivity index (χ2n) is 5.97. The summed E-state index contributed by atoms with van der Waals surface area (Å²) in [5, 5.41) is 4.12. The molecule has 6 heteroatoms. The van der Waals surface area contributed by atoms with E-state index >= 15 is 0 Å². The molecule has 0 saturated carbocycles. The van der Waals surface area contributed by atoms with Crippen molar-refractivity contribution >= 4 is 0 Å². The molecule has 2 aromatic carbocycles. The average molecular weight is 327 g/mol. The van der Waals surface area contributed by atoms with Crippen molar-refractivity contribution in [1.29, 1.82) is 0 Å². The van der Waals surface area contributed by atoms with Crippen LogP contribution < -0.4 is 0 Å². The highest BCUT2D eigenvalue weighted by molar-refractivity contribution is 5.39. The first kappa shape index (κ1) is 15.0. The van der Waals surface area contributed by atoms with Crippen molar-refractivity contribution in [2.24, 2.45) is 0 Å². The monoisotopic (exact) mass is 327 g/mol. The molecule has 4 rings (SSSR count). The lowest BCUT2D eigenvalue weighted by molar-refractivity contribution is 0.261. The fraction of sp³-hybridized carbons (Fsp3) is 0.222. The predicted molar refractivity (Wildman–Crippen MR) is 83.1 cm³/mol. The van der Waals surface area contributed by atoms with Gasteiger partial charge in [-0.15, -0.1) is 0 Å². The molecule has 4 nitrogen and oxygen atoms in total. The molecule has 1 aromatic heterocycles. The SMILES string of the molecule is Cc1ccccc1C1OC1(Cn1cncn1)c1ccc(F)c(F)c1. The van der Waals surface area contributed by atoms with Crippen molar-refractivity contribution in [1.82, 2.24) is 14.8 Å². The van der Waals surface area contributed by atoms with Gasteiger partial charge in [-0.05, 0) is 35.7 Å². The van der Waals surface area contributed by atoms with Crippen LogP contribution >= 0.6 is 0 Å². The highest BCUT2D eigenvalue weighted by Crippen LogP contribution is 2.58. The summed E-state index contributed by atoms with van der Waals surface area (Å²) in [5.74, 6) is -1.76. The Kier molecular flexibility index (Phi) is 3.42. The second-order valence-corrected chi connectivity index (χ2v) is 5.97. The van der Waals surface area contributed by atoms with E-state index in [9.17, 15) is 8.78 Å². The molecule has 122 valence electrons. The number of ether oxygens (including phenoxy) is 1. The van der Waals surface area contributed by atoms with Crippen LogP contribution in [-0.2, 0) is 16.9 Å². The number of epoxide rings is 1. The highest BCUT2D eigenvalue weighted by atomic mass is 19.2. The molecular formula is C18H15F2N3O. The van der Waals surface area contributed by atoms with E-state index in [-0.39, 0.29) is 6.10 Å². The zero-order valence-electron chi connectivity index (χ0n) is 13.0. The molecule has 2 atom stereocenters. The maximum absolute atomic E-state index is 13.8. The van der Waals surface area contributed by atoms with Gasteiger partial charge in [-0.3, -0.25) is 0 Å². The van der Waals surface area contributed by atoms with Crippen molar-refractivity contribution in [2.75, 3.05) is 0 Å². The summed E-state index contributed by atoms with van der Waals surface area (Å²) >= 11 is 0. The molecule has 1 fully saturated rings. The summed E-state index contributed by atoms with van der Waals surface area (Å²) in [6.07, 6.45) is 2.77. The molecule has 0 amide bonds. The topological polar surface area (TPSA) is 43.2 Å². The zero-order valence-corrected chi connectivity index (χ0v) is 13.0. The van der Waals surface area contributed by atoms with Crippen LogP contribution in [0.15, 0.2) is 55.1 Å². The Morgan fingerprint density at radius 3 is 2.71 bits per heavy atom. The minimum Gasteiger partial charge on any atom is -0.354 e. The van der Waals surface area contributed by atoms with Gasteiger partial charge in [0.15, 0.2) is 11.6 Å². The standard InChI is InChI=1S/C18H15F2N3O/c1-12-4-2-3-5-14(12)17-18(24-17,9-23-11-21-10-22-23)13-6-7-15(19)16(20)8-13/h2-8,10-11,17H,9H2,1H3. The lowest BCUT2D eigenvalue weighted by atomic mass is 9.90. The van der Waals surface area contributed by atoms with Crippen molar-refractivity contribution in [3.63, 3.8) is 0 Å². The first-order valence-electron chi connectivity index (χ1n) is 7.61. The first-order chi connectivity index (χ1) is 11.6. The highest BCUT2D eigenvalue weighted by Gasteiger charge is 2.59. The Hall–Kier alpha value is -2.60. The van der Waals surface area contributed by atoms with E-state index in [4.69, 9.17) is 4.74 Å². The summed E-state index contributed by atoms with van der Waals surface area (Å²) in [7, 11) is 0. The number of benzene rings is 2. The molecule has 0 radical (unpaired) electrons. The van der Waals surface area contributed by atoms with Gasteiger partial charge in [-0.25, -0.2) is 18.4 Å². The van der Waals surface area contributed by atoms with E-state index in [1.54, 1.807) is 17.1 Å². The lowest BCUT2D eigenvalue weighted by Crippen LogP contribution is -2.20. The van der Waals surface area contributed by atoms with Gasteiger partial charge in [-0.2, -0.15) is 5.10 Å². The molecule has 24 heavy (non-hydrogen) atoms. The van der Waals surface area contributed by atoms with Crippen LogP contribution in [0, 0.1) is 18.6 Å². The van der Waals surface area contributed by atoms with Gasteiger partial charge < -0.3 is 4.74 Å². The smallest absolute Gasteiger partial charge is 0.159 e. The van der Waals surface area contributed by atoms with Gasteiger partial charge in [0, 0.05) is 0 Å². The van der Waals surface area contributed by atoms with Gasteiger partial charge in [0.05, 0.1) is 6.54 Å². The van der Waals surface area contributed by atoms with E-state index in [1.165, 1.54) is 12.4 Å². The zero-order chi connectivity index (χ0) is 16.7. The first-order valence-corrected chi connectivity index (χ1v) is 7.61. The quantitative estimate of drug-likeness (QED) is 0.689. The summed E-state index contributed by atoms with van der Waals surface area (Å²) in [6, 6.07) is 11.8. The van der Waals surface area contributed by atoms with Crippen LogP contribution in [0.3, 0.4) is 0 Å². The molecule has 0 N–H and O–H groups in total. The van der Waals surface area contributed by atoms with Crippen LogP contribution in [0.5, 0.6) is 0 Å². The molecule has 1 saturated heterocycles. The Morgan fingerprint density at radius 1 is 1.17 bits per heavy atom. The summed E-state index contributed by atoms with van der Waals surface area (Å²) in [6.45, 7) is 2.37. The van der Waals surface area contributed by atoms with Gasteiger partial charge in [0.1, 0.15) is 24.4 Å². The summed E-state index contributed by atoms with van der Waals surface area (Å²) in [5.41, 5.74) is 1.92. The van der Waals surface area contributed by atoms with Crippen LogP contribution in [-0.4, -0.2) is 14.8 Å². The van der Waals surface area contributed by atoms with Gasteiger partial charge in [0.25, 0.3) is 0 Å². The molecule has 0 aliphatic carbocycles. The number of aryl methyl sites for hydroxylation is 1. The third kappa shape index (κ3) is 2.39. The van der Waals surface area contributed by atoms with E-state index in [2.05, 4.69) is 10.1 Å². The van der Waals surface area contributed by atoms with Crippen LogP contribution in [0.2, 0.25) is 0 Å². The molecule has 3 aromatic rings. The van der Waals surface area contributed by atoms with E-state index in [0.29, 0.717) is 12.1 Å². The van der Waals surface area contributed by atoms with Crippen LogP contribution in [0.4, 0.5) is 8.78 Å². The minimum absolute atomic E-state index is 0.243. The van der Waals surface area contributed by atoms with Crippen molar-refractivity contribution < 1.29 is 13.5 Å². The third-order valence-electron chi connectivity index (χ3n) is 4.44. The van der Waals surface area contributed by atoms with Crippen LogP contribution in [0.25, 0.3) is 0 Å². The number of halogens is 2. The van der Waals surface area contributed by atoms with Gasteiger partial charge >= 0.3 is 0 Å². The predicted octanol–water partition coefficient (Wildman–Crippen LogP) is 3.53. The van der Waals surface area contributed by atoms with Gasteiger partial charge in [0.2, 0.25) is 0 Å². The Bertz CT molecular complexity index is 882. The second kappa shape index (κ2) is 5.49. The summed E-state index contributed by atoms with van der Waals surface area (Å²) < 4.78 is 34.8. The normalized spacial score (nSPS) is 22.5. The number of hydrogen-bond donors (Lipinski definition) is 0. The van der Waals surface area contributed by atoms with E-state index < -0.39 is 17.2 Å². The van der Waals surface area contributed by atoms with Crippen molar-refractivity contribution in [3.05, 3.63) is 83.4 Å². The lowest BCUT2D eigenvalue weighted by Gasteiger charge is -2.15. The van der Waals surface area contributed by atoms with Crippen molar-refractivity contribution in [2.45, 2.75) is 25.2 Å². The van der Waals surface area contributed by atoms with Gasteiger partial charge in [-0.1, -0.05) is 30.3 Å². The van der Waals surface area contributed by atoms with E-state index in [1.807, 2.05) is 31.2 Å². The number of rotatable bonds is 4. The van der Waals surface area contributed by atoms with Crippen LogP contribution in [0.1, 0.15) is 22.8 Å². The Morgan fingerprint density at radius 2 is 2.00 bits per heavy atom. The molecule has 0 spiro atoms. The Labute approximate surface area is 137 Å². The van der Waals surface area contributed by atoms with Crippen molar-refractivity contribution in [3.8, 4) is 0 Å². The average Bonchev–Trinajstić information content (AvgIpc) is 3.04. The fourth-order valence-corrected chi connectivity index (χ4v) is 3.12. The molecule has 1 aliphatic rings. The van der Waals surface area contributed by atoms with E-state index in [0.717, 1.165) is 17.2 Å².